The summed E-state index contributed by atoms with van der Waals surface area (Å²) in [5.74, 6) is 1.01. The predicted molar refractivity (Wildman–Crippen MR) is 73.9 cm³/mol. The summed E-state index contributed by atoms with van der Waals surface area (Å²) in [5.41, 5.74) is 0. The summed E-state index contributed by atoms with van der Waals surface area (Å²) in [6.07, 6.45) is 5.68. The molecule has 0 saturated carbocycles. The summed E-state index contributed by atoms with van der Waals surface area (Å²) >= 11 is 0. The molecule has 1 unspecified atom stereocenters. The van der Waals surface area contributed by atoms with Crippen molar-refractivity contribution in [1.29, 1.82) is 0 Å². The first kappa shape index (κ1) is 15.5. The minimum atomic E-state index is -0.159. The van der Waals surface area contributed by atoms with Crippen molar-refractivity contribution in [1.82, 2.24) is 19.8 Å². The number of aliphatic hydroxyl groups is 1. The van der Waals surface area contributed by atoms with Gasteiger partial charge in [0.15, 0.2) is 0 Å². The number of carbonyl (C=O) groups excluding carboxylic acids is 1. The van der Waals surface area contributed by atoms with Crippen molar-refractivity contribution >= 4 is 6.03 Å². The summed E-state index contributed by atoms with van der Waals surface area (Å²) in [6.45, 7) is 5.33. The van der Waals surface area contributed by atoms with Crippen LogP contribution in [-0.4, -0.2) is 51.8 Å². The number of rotatable bonds is 7. The number of nitrogens with zero attached hydrogens (tertiary/aromatic N) is 3. The van der Waals surface area contributed by atoms with Gasteiger partial charge in [-0.1, -0.05) is 0 Å². The summed E-state index contributed by atoms with van der Waals surface area (Å²) in [6, 6.07) is -0.297. The van der Waals surface area contributed by atoms with Crippen LogP contribution in [0.4, 0.5) is 4.79 Å². The van der Waals surface area contributed by atoms with E-state index in [1.807, 2.05) is 13.1 Å². The molecular weight excluding hydrogens is 244 g/mol. The number of carbonyl (C=O) groups is 1. The van der Waals surface area contributed by atoms with Gasteiger partial charge in [-0.25, -0.2) is 9.78 Å². The lowest BCUT2D eigenvalue weighted by Gasteiger charge is -2.23. The summed E-state index contributed by atoms with van der Waals surface area (Å²) < 4.78 is 2.10. The molecule has 1 rings (SSSR count). The lowest BCUT2D eigenvalue weighted by molar-refractivity contribution is 0.157. The average Bonchev–Trinajstić information content (AvgIpc) is 2.82. The number of urea groups is 1. The minimum absolute atomic E-state index is 0.0240. The topological polar surface area (TPSA) is 70.4 Å². The van der Waals surface area contributed by atoms with E-state index in [0.717, 1.165) is 25.2 Å². The Kier molecular flexibility index (Phi) is 6.35. The zero-order chi connectivity index (χ0) is 14.3. The molecule has 108 valence electrons. The quantitative estimate of drug-likeness (QED) is 0.725. The number of aryl methyl sites for hydroxylation is 2. The molecule has 2 amide bonds. The Bertz CT molecular complexity index is 392. The first-order valence-corrected chi connectivity index (χ1v) is 6.65. The minimum Gasteiger partial charge on any atom is -0.394 e. The van der Waals surface area contributed by atoms with Crippen molar-refractivity contribution in [3.05, 3.63) is 18.2 Å². The van der Waals surface area contributed by atoms with Crippen LogP contribution in [0.15, 0.2) is 12.4 Å². The molecule has 0 aliphatic rings. The third-order valence-corrected chi connectivity index (χ3v) is 3.27. The highest BCUT2D eigenvalue weighted by atomic mass is 16.3. The molecule has 1 aromatic rings. The molecule has 0 saturated heterocycles. The zero-order valence-corrected chi connectivity index (χ0v) is 12.0. The van der Waals surface area contributed by atoms with E-state index in [2.05, 4.69) is 14.9 Å². The van der Waals surface area contributed by atoms with Gasteiger partial charge in [-0.2, -0.15) is 0 Å². The van der Waals surface area contributed by atoms with Crippen LogP contribution in [0.1, 0.15) is 25.6 Å². The lowest BCUT2D eigenvalue weighted by atomic mass is 10.3. The largest absolute Gasteiger partial charge is 0.394 e. The molecule has 0 aliphatic carbocycles. The molecule has 19 heavy (non-hydrogen) atoms. The number of likely N-dealkylation sites (N-methyl/N-ethyl adjacent to an activating group) is 1. The van der Waals surface area contributed by atoms with Gasteiger partial charge in [0.25, 0.3) is 0 Å². The second-order valence-corrected chi connectivity index (χ2v) is 4.75. The van der Waals surface area contributed by atoms with Crippen molar-refractivity contribution in [3.63, 3.8) is 0 Å². The fourth-order valence-electron chi connectivity index (χ4n) is 1.69. The standard InChI is InChI=1S/C13H24N4O2/c1-11(10-18)16(3)13(19)15-6-4-5-8-17-9-7-14-12(17)2/h7,9,11,18H,4-6,8,10H2,1-3H3,(H,15,19). The highest BCUT2D eigenvalue weighted by Gasteiger charge is 2.13. The van der Waals surface area contributed by atoms with Crippen LogP contribution < -0.4 is 5.32 Å². The predicted octanol–water partition coefficient (Wildman–Crippen LogP) is 0.994. The van der Waals surface area contributed by atoms with E-state index in [9.17, 15) is 4.79 Å². The maximum absolute atomic E-state index is 11.7. The average molecular weight is 268 g/mol. The Morgan fingerprint density at radius 2 is 2.32 bits per heavy atom. The third-order valence-electron chi connectivity index (χ3n) is 3.27. The zero-order valence-electron chi connectivity index (χ0n) is 12.0. The smallest absolute Gasteiger partial charge is 0.317 e. The fraction of sp³-hybridized carbons (Fsp3) is 0.692. The maximum Gasteiger partial charge on any atom is 0.317 e. The van der Waals surface area contributed by atoms with E-state index in [4.69, 9.17) is 5.11 Å². The number of hydrogen-bond acceptors (Lipinski definition) is 3. The Balaban J connectivity index is 2.14. The molecule has 2 N–H and O–H groups in total. The Morgan fingerprint density at radius 3 is 2.89 bits per heavy atom. The molecule has 1 aromatic heterocycles. The van der Waals surface area contributed by atoms with E-state index >= 15 is 0 Å². The number of imidazole rings is 1. The molecule has 0 aromatic carbocycles. The molecule has 1 heterocycles. The molecule has 1 atom stereocenters. The van der Waals surface area contributed by atoms with Crippen LogP contribution in [0.5, 0.6) is 0 Å². The summed E-state index contributed by atoms with van der Waals surface area (Å²) in [4.78, 5) is 17.4. The summed E-state index contributed by atoms with van der Waals surface area (Å²) in [7, 11) is 1.69. The van der Waals surface area contributed by atoms with Gasteiger partial charge in [0.1, 0.15) is 5.82 Å². The molecule has 0 fully saturated rings. The molecule has 6 heteroatoms. The van der Waals surface area contributed by atoms with Crippen molar-refractivity contribution in [2.45, 2.75) is 39.3 Å². The maximum atomic E-state index is 11.7. The van der Waals surface area contributed by atoms with Crippen LogP contribution in [-0.2, 0) is 6.54 Å². The Labute approximate surface area is 114 Å². The second kappa shape index (κ2) is 7.78. The normalized spacial score (nSPS) is 12.2. The first-order valence-electron chi connectivity index (χ1n) is 6.65. The molecule has 0 spiro atoms. The van der Waals surface area contributed by atoms with Crippen molar-refractivity contribution in [2.24, 2.45) is 0 Å². The number of unbranched alkanes of at least 4 members (excludes halogenated alkanes) is 1. The first-order chi connectivity index (χ1) is 9.06. The van der Waals surface area contributed by atoms with Gasteiger partial charge in [0.05, 0.1) is 12.6 Å². The Morgan fingerprint density at radius 1 is 1.58 bits per heavy atom. The molecule has 0 aliphatic heterocycles. The van der Waals surface area contributed by atoms with Crippen molar-refractivity contribution < 1.29 is 9.90 Å². The monoisotopic (exact) mass is 268 g/mol. The SMILES string of the molecule is Cc1nccn1CCCCNC(=O)N(C)C(C)CO. The van der Waals surface area contributed by atoms with Crippen molar-refractivity contribution in [3.8, 4) is 0 Å². The number of aromatic nitrogens is 2. The molecular formula is C13H24N4O2. The number of amides is 2. The van der Waals surface area contributed by atoms with Crippen LogP contribution in [0.3, 0.4) is 0 Å². The van der Waals surface area contributed by atoms with Gasteiger partial charge < -0.3 is 19.9 Å². The third kappa shape index (κ3) is 4.90. The van der Waals surface area contributed by atoms with Crippen molar-refractivity contribution in [2.75, 3.05) is 20.2 Å². The molecule has 0 radical (unpaired) electrons. The van der Waals surface area contributed by atoms with Gasteiger partial charge >= 0.3 is 6.03 Å². The van der Waals surface area contributed by atoms with Gasteiger partial charge in [0, 0.05) is 32.5 Å². The van der Waals surface area contributed by atoms with E-state index in [1.54, 1.807) is 20.2 Å². The number of hydrogen-bond donors (Lipinski definition) is 2. The van der Waals surface area contributed by atoms with Crippen LogP contribution in [0, 0.1) is 6.92 Å². The van der Waals surface area contributed by atoms with Crippen LogP contribution in [0.2, 0.25) is 0 Å². The van der Waals surface area contributed by atoms with E-state index in [1.165, 1.54) is 4.90 Å². The second-order valence-electron chi connectivity index (χ2n) is 4.75. The number of nitrogens with one attached hydrogen (secondary N) is 1. The highest BCUT2D eigenvalue weighted by molar-refractivity contribution is 5.74. The Hall–Kier alpha value is -1.56. The van der Waals surface area contributed by atoms with E-state index in [0.29, 0.717) is 6.54 Å². The van der Waals surface area contributed by atoms with E-state index < -0.39 is 0 Å². The van der Waals surface area contributed by atoms with Gasteiger partial charge in [-0.15, -0.1) is 0 Å². The molecule has 0 bridgehead atoms. The number of aliphatic hydroxyl groups excluding tert-OH is 1. The lowest BCUT2D eigenvalue weighted by Crippen LogP contribution is -2.44. The highest BCUT2D eigenvalue weighted by Crippen LogP contribution is 2.00. The molecule has 6 nitrogen and oxygen atoms in total. The van der Waals surface area contributed by atoms with Crippen LogP contribution >= 0.6 is 0 Å². The van der Waals surface area contributed by atoms with Gasteiger partial charge in [-0.3, -0.25) is 0 Å². The van der Waals surface area contributed by atoms with Crippen LogP contribution in [0.25, 0.3) is 0 Å². The fourth-order valence-corrected chi connectivity index (χ4v) is 1.69. The summed E-state index contributed by atoms with van der Waals surface area (Å²) in [5, 5.41) is 11.8. The van der Waals surface area contributed by atoms with Gasteiger partial charge in [0.2, 0.25) is 0 Å². The van der Waals surface area contributed by atoms with E-state index in [-0.39, 0.29) is 18.7 Å². The van der Waals surface area contributed by atoms with Gasteiger partial charge in [-0.05, 0) is 26.7 Å².